The van der Waals surface area contributed by atoms with Gasteiger partial charge < -0.3 is 20.1 Å². The van der Waals surface area contributed by atoms with Gasteiger partial charge in [-0.25, -0.2) is 4.99 Å². The number of nitrogens with one attached hydrogen (secondary N) is 2. The summed E-state index contributed by atoms with van der Waals surface area (Å²) in [5.74, 6) is 0.833. The molecule has 1 saturated heterocycles. The number of nitrogens with zero attached hydrogens (tertiary/aromatic N) is 2. The van der Waals surface area contributed by atoms with Gasteiger partial charge in [-0.1, -0.05) is 24.3 Å². The van der Waals surface area contributed by atoms with Crippen molar-refractivity contribution in [2.24, 2.45) is 4.99 Å². The van der Waals surface area contributed by atoms with Crippen molar-refractivity contribution in [2.45, 2.75) is 26.9 Å². The van der Waals surface area contributed by atoms with E-state index in [0.717, 1.165) is 58.5 Å². The molecule has 0 saturated carbocycles. The molecule has 140 valence electrons. The maximum Gasteiger partial charge on any atom is 0.191 e. The van der Waals surface area contributed by atoms with Crippen molar-refractivity contribution < 1.29 is 9.47 Å². The Kier molecular flexibility index (Phi) is 9.33. The Morgan fingerprint density at radius 3 is 2.52 bits per heavy atom. The Balaban J connectivity index is 1.80. The van der Waals surface area contributed by atoms with Crippen LogP contribution in [-0.2, 0) is 22.6 Å². The highest BCUT2D eigenvalue weighted by molar-refractivity contribution is 5.79. The van der Waals surface area contributed by atoms with Crippen LogP contribution in [0, 0.1) is 0 Å². The molecule has 0 spiro atoms. The molecule has 1 aliphatic rings. The third kappa shape index (κ3) is 7.86. The Labute approximate surface area is 151 Å². The molecule has 6 nitrogen and oxygen atoms in total. The van der Waals surface area contributed by atoms with Gasteiger partial charge in [-0.3, -0.25) is 4.90 Å². The molecule has 2 N–H and O–H groups in total. The highest BCUT2D eigenvalue weighted by Crippen LogP contribution is 2.10. The molecule has 6 heteroatoms. The Bertz CT molecular complexity index is 499. The van der Waals surface area contributed by atoms with Gasteiger partial charge in [0.15, 0.2) is 5.96 Å². The molecule has 0 unspecified atom stereocenters. The van der Waals surface area contributed by atoms with E-state index in [2.05, 4.69) is 51.7 Å². The molecule has 0 aliphatic carbocycles. The lowest BCUT2D eigenvalue weighted by Crippen LogP contribution is -2.39. The summed E-state index contributed by atoms with van der Waals surface area (Å²) in [6.45, 7) is 12.5. The molecule has 0 radical (unpaired) electrons. The molecule has 2 rings (SSSR count). The zero-order chi connectivity index (χ0) is 17.7. The van der Waals surface area contributed by atoms with Gasteiger partial charge in [-0.2, -0.15) is 0 Å². The fraction of sp³-hybridized carbons (Fsp3) is 0.632. The van der Waals surface area contributed by atoms with Crippen molar-refractivity contribution >= 4 is 5.96 Å². The van der Waals surface area contributed by atoms with Crippen molar-refractivity contribution in [2.75, 3.05) is 52.6 Å². The molecule has 0 atom stereocenters. The van der Waals surface area contributed by atoms with E-state index < -0.39 is 0 Å². The predicted octanol–water partition coefficient (Wildman–Crippen LogP) is 1.61. The number of morpholine rings is 1. The summed E-state index contributed by atoms with van der Waals surface area (Å²) >= 11 is 0. The van der Waals surface area contributed by atoms with Gasteiger partial charge in [-0.15, -0.1) is 0 Å². The van der Waals surface area contributed by atoms with Gasteiger partial charge >= 0.3 is 0 Å². The molecule has 1 aromatic carbocycles. The molecule has 1 aromatic rings. The minimum atomic E-state index is 0.668. The first kappa shape index (κ1) is 19.7. The lowest BCUT2D eigenvalue weighted by Gasteiger charge is -2.26. The quantitative estimate of drug-likeness (QED) is 0.403. The van der Waals surface area contributed by atoms with E-state index in [1.165, 1.54) is 11.1 Å². The van der Waals surface area contributed by atoms with Crippen molar-refractivity contribution in [3.8, 4) is 0 Å². The molecule has 0 aromatic heterocycles. The Morgan fingerprint density at radius 1 is 1.12 bits per heavy atom. The molecular formula is C19H32N4O2. The summed E-state index contributed by atoms with van der Waals surface area (Å²) in [5, 5.41) is 6.55. The van der Waals surface area contributed by atoms with Crippen LogP contribution in [0.2, 0.25) is 0 Å². The van der Waals surface area contributed by atoms with Crippen molar-refractivity contribution in [1.82, 2.24) is 15.5 Å². The highest BCUT2D eigenvalue weighted by atomic mass is 16.5. The number of benzene rings is 1. The van der Waals surface area contributed by atoms with E-state index in [1.807, 2.05) is 6.92 Å². The Hall–Kier alpha value is -1.63. The summed E-state index contributed by atoms with van der Waals surface area (Å²) < 4.78 is 10.7. The first-order valence-electron chi connectivity index (χ1n) is 9.29. The number of ether oxygens (including phenoxy) is 2. The third-order valence-electron chi connectivity index (χ3n) is 4.04. The molecule has 1 aliphatic heterocycles. The van der Waals surface area contributed by atoms with Gasteiger partial charge in [0.2, 0.25) is 0 Å². The minimum Gasteiger partial charge on any atom is -0.380 e. The normalized spacial score (nSPS) is 16.0. The summed E-state index contributed by atoms with van der Waals surface area (Å²) in [4.78, 5) is 7.07. The number of aliphatic imine (C=N–C) groups is 1. The summed E-state index contributed by atoms with van der Waals surface area (Å²) in [6.07, 6.45) is 0. The van der Waals surface area contributed by atoms with Gasteiger partial charge in [0, 0.05) is 39.3 Å². The van der Waals surface area contributed by atoms with E-state index in [1.54, 1.807) is 0 Å². The van der Waals surface area contributed by atoms with Crippen LogP contribution in [0.1, 0.15) is 25.0 Å². The zero-order valence-corrected chi connectivity index (χ0v) is 15.6. The topological polar surface area (TPSA) is 58.1 Å². The maximum absolute atomic E-state index is 5.40. The molecule has 0 bridgehead atoms. The van der Waals surface area contributed by atoms with E-state index in [0.29, 0.717) is 13.2 Å². The predicted molar refractivity (Wildman–Crippen MR) is 102 cm³/mol. The molecule has 25 heavy (non-hydrogen) atoms. The van der Waals surface area contributed by atoms with Crippen molar-refractivity contribution in [3.05, 3.63) is 35.4 Å². The van der Waals surface area contributed by atoms with Crippen LogP contribution in [0.25, 0.3) is 0 Å². The molecular weight excluding hydrogens is 316 g/mol. The van der Waals surface area contributed by atoms with E-state index in [-0.39, 0.29) is 0 Å². The zero-order valence-electron chi connectivity index (χ0n) is 15.6. The second-order valence-corrected chi connectivity index (χ2v) is 6.02. The van der Waals surface area contributed by atoms with Gasteiger partial charge in [-0.05, 0) is 25.0 Å². The van der Waals surface area contributed by atoms with E-state index in [4.69, 9.17) is 9.47 Å². The lowest BCUT2D eigenvalue weighted by atomic mass is 10.1. The maximum atomic E-state index is 5.40. The standard InChI is InChI=1S/C19H32N4O2/c1-3-20-19(21-9-12-24-4-2)22-15-17-5-7-18(8-6-17)16-23-10-13-25-14-11-23/h5-8H,3-4,9-16H2,1-2H3,(H2,20,21,22). The van der Waals surface area contributed by atoms with Gasteiger partial charge in [0.25, 0.3) is 0 Å². The minimum absolute atomic E-state index is 0.668. The van der Waals surface area contributed by atoms with Crippen LogP contribution in [-0.4, -0.2) is 63.5 Å². The number of hydrogen-bond donors (Lipinski definition) is 2. The number of hydrogen-bond acceptors (Lipinski definition) is 4. The van der Waals surface area contributed by atoms with Crippen molar-refractivity contribution in [3.63, 3.8) is 0 Å². The average molecular weight is 348 g/mol. The first-order chi connectivity index (χ1) is 12.3. The fourth-order valence-corrected chi connectivity index (χ4v) is 2.67. The first-order valence-corrected chi connectivity index (χ1v) is 9.29. The highest BCUT2D eigenvalue weighted by Gasteiger charge is 2.10. The molecule has 1 heterocycles. The summed E-state index contributed by atoms with van der Waals surface area (Å²) in [5.41, 5.74) is 2.56. The monoisotopic (exact) mass is 348 g/mol. The van der Waals surface area contributed by atoms with Crippen LogP contribution < -0.4 is 10.6 Å². The van der Waals surface area contributed by atoms with Gasteiger partial charge in [0.1, 0.15) is 0 Å². The van der Waals surface area contributed by atoms with Crippen LogP contribution in [0.3, 0.4) is 0 Å². The van der Waals surface area contributed by atoms with Crippen LogP contribution in [0.5, 0.6) is 0 Å². The van der Waals surface area contributed by atoms with Crippen LogP contribution >= 0.6 is 0 Å². The second-order valence-electron chi connectivity index (χ2n) is 6.02. The molecule has 0 amide bonds. The van der Waals surface area contributed by atoms with Gasteiger partial charge in [0.05, 0.1) is 26.4 Å². The third-order valence-corrected chi connectivity index (χ3v) is 4.04. The van der Waals surface area contributed by atoms with E-state index in [9.17, 15) is 0 Å². The smallest absolute Gasteiger partial charge is 0.191 e. The number of guanidine groups is 1. The average Bonchev–Trinajstić information content (AvgIpc) is 2.65. The van der Waals surface area contributed by atoms with Crippen LogP contribution in [0.15, 0.2) is 29.3 Å². The second kappa shape index (κ2) is 11.8. The Morgan fingerprint density at radius 2 is 1.84 bits per heavy atom. The fourth-order valence-electron chi connectivity index (χ4n) is 2.67. The summed E-state index contributed by atoms with van der Waals surface area (Å²) in [7, 11) is 0. The van der Waals surface area contributed by atoms with E-state index >= 15 is 0 Å². The SMILES string of the molecule is CCNC(=NCc1ccc(CN2CCOCC2)cc1)NCCOCC. The van der Waals surface area contributed by atoms with Crippen molar-refractivity contribution in [1.29, 1.82) is 0 Å². The lowest BCUT2D eigenvalue weighted by molar-refractivity contribution is 0.0342. The van der Waals surface area contributed by atoms with Crippen LogP contribution in [0.4, 0.5) is 0 Å². The largest absolute Gasteiger partial charge is 0.380 e. The molecule has 1 fully saturated rings. The number of rotatable bonds is 9. The summed E-state index contributed by atoms with van der Waals surface area (Å²) in [6, 6.07) is 8.75.